The maximum absolute atomic E-state index is 9.58. The highest BCUT2D eigenvalue weighted by Gasteiger charge is 2.15. The van der Waals surface area contributed by atoms with E-state index in [1.54, 1.807) is 0 Å². The molecular weight excluding hydrogens is 158 g/mol. The molecule has 8 heavy (non-hydrogen) atoms. The van der Waals surface area contributed by atoms with Crippen molar-refractivity contribution in [2.24, 2.45) is 0 Å². The number of rotatable bonds is 2. The van der Waals surface area contributed by atoms with Gasteiger partial charge in [-0.25, -0.2) is 8.88 Å². The molecule has 0 aliphatic rings. The molecule has 8 heteroatoms. The molecule has 6 nitrogen and oxygen atoms in total. The lowest BCUT2D eigenvalue weighted by Gasteiger charge is -1.97. The minimum Gasteiger partial charge on any atom is -0.326 e. The van der Waals surface area contributed by atoms with E-state index in [4.69, 9.17) is 14.7 Å². The van der Waals surface area contributed by atoms with Gasteiger partial charge in [0.2, 0.25) is 0 Å². The molecule has 1 atom stereocenters. The Kier molecular flexibility index (Phi) is 2.83. The summed E-state index contributed by atoms with van der Waals surface area (Å²) >= 11 is 0. The van der Waals surface area contributed by atoms with E-state index in [-0.39, 0.29) is 0 Å². The molecule has 0 radical (unpaired) electrons. The molecule has 0 fully saturated rings. The second-order valence-electron chi connectivity index (χ2n) is 0.848. The van der Waals surface area contributed by atoms with Crippen LogP contribution in [0.15, 0.2) is 0 Å². The average molecular weight is 162 g/mol. The third-order valence-electron chi connectivity index (χ3n) is 0.197. The Hall–Kier alpha value is 0.300. The van der Waals surface area contributed by atoms with E-state index < -0.39 is 16.1 Å². The van der Waals surface area contributed by atoms with Crippen molar-refractivity contribution in [3.63, 3.8) is 0 Å². The summed E-state index contributed by atoms with van der Waals surface area (Å²) < 4.78 is 22.3. The second kappa shape index (κ2) is 2.73. The Morgan fingerprint density at radius 2 is 1.88 bits per heavy atom. The zero-order chi connectivity index (χ0) is 6.78. The maximum Gasteiger partial charge on any atom is 0.476 e. The molecular formula is H4O6P2. The van der Waals surface area contributed by atoms with Crippen LogP contribution >= 0.6 is 16.1 Å². The SMILES string of the molecule is O=[PH](O)OP(=O)(O)O. The number of hydrogen-bond donors (Lipinski definition) is 3. The fraction of sp³-hybridized carbons (Fsp3) is 0. The van der Waals surface area contributed by atoms with E-state index in [0.29, 0.717) is 0 Å². The average Bonchev–Trinajstić information content (AvgIpc) is 1.21. The Labute approximate surface area is 45.3 Å². The van der Waals surface area contributed by atoms with Crippen molar-refractivity contribution in [1.29, 1.82) is 0 Å². The summed E-state index contributed by atoms with van der Waals surface area (Å²) in [5.41, 5.74) is 0. The summed E-state index contributed by atoms with van der Waals surface area (Å²) in [4.78, 5) is 23.2. The van der Waals surface area contributed by atoms with Gasteiger partial charge in [0.05, 0.1) is 0 Å². The van der Waals surface area contributed by atoms with E-state index in [9.17, 15) is 9.13 Å². The smallest absolute Gasteiger partial charge is 0.326 e. The highest BCUT2D eigenvalue weighted by atomic mass is 31.2. The van der Waals surface area contributed by atoms with E-state index in [1.807, 2.05) is 0 Å². The Morgan fingerprint density at radius 1 is 1.50 bits per heavy atom. The van der Waals surface area contributed by atoms with Gasteiger partial charge in [-0.2, -0.15) is 0 Å². The minimum atomic E-state index is -4.74. The quantitative estimate of drug-likeness (QED) is 0.471. The standard InChI is InChI=1S/H4O6P2/c1-7(2)6-8(3,4)5/h7H,(H,1,2)(H2,3,4,5). The Balaban J connectivity index is 3.74. The molecule has 0 bridgehead atoms. The molecule has 0 aromatic rings. The molecule has 50 valence electrons. The molecule has 0 spiro atoms. The van der Waals surface area contributed by atoms with Gasteiger partial charge in [-0.3, -0.25) is 4.57 Å². The van der Waals surface area contributed by atoms with Crippen LogP contribution in [-0.2, 0) is 13.4 Å². The van der Waals surface area contributed by atoms with Crippen molar-refractivity contribution in [2.45, 2.75) is 0 Å². The molecule has 3 N–H and O–H groups in total. The van der Waals surface area contributed by atoms with Crippen molar-refractivity contribution in [2.75, 3.05) is 0 Å². The molecule has 0 heterocycles. The van der Waals surface area contributed by atoms with Crippen molar-refractivity contribution in [3.8, 4) is 0 Å². The van der Waals surface area contributed by atoms with Gasteiger partial charge in [0.25, 0.3) is 0 Å². The van der Waals surface area contributed by atoms with Crippen LogP contribution in [0.5, 0.6) is 0 Å². The summed E-state index contributed by atoms with van der Waals surface area (Å²) in [6.45, 7) is 0. The maximum atomic E-state index is 9.58. The first-order valence-electron chi connectivity index (χ1n) is 1.40. The molecule has 0 aromatic heterocycles. The zero-order valence-corrected chi connectivity index (χ0v) is 5.41. The highest BCUT2D eigenvalue weighted by Crippen LogP contribution is 2.45. The summed E-state index contributed by atoms with van der Waals surface area (Å²) in [7, 11) is -8.24. The predicted octanol–water partition coefficient (Wildman–Crippen LogP) is -0.522. The topological polar surface area (TPSA) is 104 Å². The van der Waals surface area contributed by atoms with Crippen LogP contribution in [-0.4, -0.2) is 14.7 Å². The molecule has 0 saturated heterocycles. The van der Waals surface area contributed by atoms with Gasteiger partial charge in [-0.1, -0.05) is 0 Å². The highest BCUT2D eigenvalue weighted by molar-refractivity contribution is 7.54. The minimum absolute atomic E-state index is 3.21. The van der Waals surface area contributed by atoms with E-state index in [1.165, 1.54) is 0 Å². The van der Waals surface area contributed by atoms with Gasteiger partial charge in [0, 0.05) is 0 Å². The van der Waals surface area contributed by atoms with Gasteiger partial charge in [-0.15, -0.1) is 0 Å². The lowest BCUT2D eigenvalue weighted by Crippen LogP contribution is -1.75. The van der Waals surface area contributed by atoms with E-state index in [0.717, 1.165) is 0 Å². The van der Waals surface area contributed by atoms with Crippen LogP contribution in [0, 0.1) is 0 Å². The third-order valence-corrected chi connectivity index (χ3v) is 1.77. The normalized spacial score (nSPS) is 15.9. The van der Waals surface area contributed by atoms with Crippen LogP contribution in [0.1, 0.15) is 0 Å². The summed E-state index contributed by atoms with van der Waals surface area (Å²) in [5.74, 6) is 0. The molecule has 0 rings (SSSR count). The van der Waals surface area contributed by atoms with E-state index >= 15 is 0 Å². The van der Waals surface area contributed by atoms with Crippen LogP contribution in [0.3, 0.4) is 0 Å². The first-order chi connectivity index (χ1) is 3.42. The van der Waals surface area contributed by atoms with Gasteiger partial charge >= 0.3 is 16.1 Å². The Bertz CT molecular complexity index is 129. The fourth-order valence-corrected chi connectivity index (χ4v) is 0.916. The largest absolute Gasteiger partial charge is 0.476 e. The first-order valence-corrected chi connectivity index (χ1v) is 4.19. The van der Waals surface area contributed by atoms with Crippen molar-refractivity contribution >= 4 is 16.1 Å². The monoisotopic (exact) mass is 162 g/mol. The van der Waals surface area contributed by atoms with Crippen LogP contribution in [0.4, 0.5) is 0 Å². The van der Waals surface area contributed by atoms with Crippen molar-refractivity contribution in [1.82, 2.24) is 0 Å². The molecule has 0 aliphatic heterocycles. The van der Waals surface area contributed by atoms with Gasteiger partial charge in [-0.05, 0) is 0 Å². The summed E-state index contributed by atoms with van der Waals surface area (Å²) in [6, 6.07) is 0. The van der Waals surface area contributed by atoms with Gasteiger partial charge in [0.1, 0.15) is 0 Å². The predicted molar refractivity (Wildman–Crippen MR) is 24.3 cm³/mol. The second-order valence-corrected chi connectivity index (χ2v) is 3.09. The fourth-order valence-electron chi connectivity index (χ4n) is 0.102. The molecule has 0 saturated carbocycles. The van der Waals surface area contributed by atoms with E-state index in [2.05, 4.69) is 4.31 Å². The Morgan fingerprint density at radius 3 is 1.88 bits per heavy atom. The van der Waals surface area contributed by atoms with Gasteiger partial charge in [0.15, 0.2) is 0 Å². The van der Waals surface area contributed by atoms with Crippen molar-refractivity contribution < 1.29 is 28.1 Å². The molecule has 0 aromatic carbocycles. The van der Waals surface area contributed by atoms with Gasteiger partial charge < -0.3 is 14.7 Å². The van der Waals surface area contributed by atoms with Crippen LogP contribution in [0.2, 0.25) is 0 Å². The first kappa shape index (κ1) is 8.30. The van der Waals surface area contributed by atoms with Crippen LogP contribution in [0.25, 0.3) is 0 Å². The zero-order valence-electron chi connectivity index (χ0n) is 3.51. The molecule has 1 unspecified atom stereocenters. The molecule has 0 aliphatic carbocycles. The number of hydrogen-bond acceptors (Lipinski definition) is 3. The third kappa shape index (κ3) is 6.30. The molecule has 0 amide bonds. The lowest BCUT2D eigenvalue weighted by molar-refractivity contribution is 0.273. The van der Waals surface area contributed by atoms with Crippen molar-refractivity contribution in [3.05, 3.63) is 0 Å². The number of phosphoric acid groups is 1. The summed E-state index contributed by atoms with van der Waals surface area (Å²) in [5, 5.41) is 0. The van der Waals surface area contributed by atoms with Crippen LogP contribution < -0.4 is 0 Å². The summed E-state index contributed by atoms with van der Waals surface area (Å²) in [6.07, 6.45) is 0. The lowest BCUT2D eigenvalue weighted by atomic mass is 15.7.